The molecule has 0 aliphatic carbocycles. The lowest BCUT2D eigenvalue weighted by Crippen LogP contribution is -2.59. The maximum atomic E-state index is 13.7. The van der Waals surface area contributed by atoms with E-state index in [4.69, 9.17) is 16.3 Å². The Morgan fingerprint density at radius 2 is 1.64 bits per heavy atom. The van der Waals surface area contributed by atoms with Gasteiger partial charge in [-0.3, -0.25) is 14.9 Å². The number of ether oxygens (including phenoxy) is 1. The average Bonchev–Trinajstić information content (AvgIpc) is 3.15. The number of carbonyl (C=O) groups is 2. The molecule has 7 heteroatoms. The van der Waals surface area contributed by atoms with Gasteiger partial charge < -0.3 is 14.5 Å². The van der Waals surface area contributed by atoms with Crippen LogP contribution in [0.1, 0.15) is 34.3 Å². The Bertz CT molecular complexity index is 1210. The molecule has 2 fully saturated rings. The molecule has 3 aromatic carbocycles. The maximum Gasteiger partial charge on any atom is 0.253 e. The number of nitrogens with one attached hydrogen (secondary N) is 1. The van der Waals surface area contributed by atoms with Crippen LogP contribution in [0, 0.1) is 0 Å². The Morgan fingerprint density at radius 3 is 2.28 bits per heavy atom. The summed E-state index contributed by atoms with van der Waals surface area (Å²) in [6, 6.07) is 24.6. The van der Waals surface area contributed by atoms with Gasteiger partial charge in [0.05, 0.1) is 18.8 Å². The van der Waals surface area contributed by atoms with Gasteiger partial charge in [-0.25, -0.2) is 0 Å². The first-order valence-corrected chi connectivity index (χ1v) is 12.7. The van der Waals surface area contributed by atoms with Gasteiger partial charge in [-0.2, -0.15) is 0 Å². The largest absolute Gasteiger partial charge is 0.497 e. The van der Waals surface area contributed by atoms with Gasteiger partial charge in [0.2, 0.25) is 5.91 Å². The van der Waals surface area contributed by atoms with Crippen LogP contribution < -0.4 is 10.1 Å². The van der Waals surface area contributed by atoms with Crippen LogP contribution in [0.2, 0.25) is 5.02 Å². The van der Waals surface area contributed by atoms with E-state index in [0.29, 0.717) is 49.5 Å². The molecule has 2 aliphatic rings. The fraction of sp³-hybridized carbons (Fsp3) is 0.310. The molecule has 36 heavy (non-hydrogen) atoms. The summed E-state index contributed by atoms with van der Waals surface area (Å²) in [6.45, 7) is 1.64. The van der Waals surface area contributed by atoms with E-state index in [1.807, 2.05) is 52.3 Å². The van der Waals surface area contributed by atoms with Gasteiger partial charge in [0.25, 0.3) is 5.91 Å². The summed E-state index contributed by atoms with van der Waals surface area (Å²) < 4.78 is 5.29. The molecule has 1 N–H and O–H groups in total. The lowest BCUT2D eigenvalue weighted by Gasteiger charge is -2.44. The minimum absolute atomic E-state index is 0.00613. The summed E-state index contributed by atoms with van der Waals surface area (Å²) in [5.41, 5.74) is 2.31. The normalized spacial score (nSPS) is 19.1. The summed E-state index contributed by atoms with van der Waals surface area (Å²) in [6.07, 6.45) is 1.97. The fourth-order valence-corrected chi connectivity index (χ4v) is 5.39. The number of rotatable bonds is 6. The molecule has 3 aromatic rings. The number of piperidine rings is 1. The third-order valence-electron chi connectivity index (χ3n) is 7.28. The molecule has 0 radical (unpaired) electrons. The molecule has 2 heterocycles. The standard InChI is InChI=1S/C29H30ClN3O3/c1-36-25-13-7-22(8-14-25)20-33-28(35)26(19-21-5-3-2-4-6-21)31-29(33)15-17-32(18-16-29)27(34)23-9-11-24(30)12-10-23/h2-14,26,31H,15-20H2,1H3. The lowest BCUT2D eigenvalue weighted by molar-refractivity contribution is -0.134. The predicted molar refractivity (Wildman–Crippen MR) is 140 cm³/mol. The van der Waals surface area contributed by atoms with Gasteiger partial charge >= 0.3 is 0 Å². The Balaban J connectivity index is 1.36. The second-order valence-electron chi connectivity index (χ2n) is 9.49. The van der Waals surface area contributed by atoms with E-state index in [2.05, 4.69) is 17.4 Å². The molecule has 1 unspecified atom stereocenters. The Kier molecular flexibility index (Phi) is 6.99. The highest BCUT2D eigenvalue weighted by molar-refractivity contribution is 6.30. The Hall–Kier alpha value is -3.35. The highest BCUT2D eigenvalue weighted by atomic mass is 35.5. The van der Waals surface area contributed by atoms with E-state index in [1.165, 1.54) is 0 Å². The molecule has 186 valence electrons. The molecule has 6 nitrogen and oxygen atoms in total. The summed E-state index contributed by atoms with van der Waals surface area (Å²) in [7, 11) is 1.64. The van der Waals surface area contributed by atoms with E-state index < -0.39 is 5.66 Å². The average molecular weight is 504 g/mol. The summed E-state index contributed by atoms with van der Waals surface area (Å²) >= 11 is 5.99. The second kappa shape index (κ2) is 10.3. The molecule has 1 spiro atoms. The molecule has 0 saturated carbocycles. The molecule has 2 saturated heterocycles. The van der Waals surface area contributed by atoms with Crippen LogP contribution in [0.4, 0.5) is 0 Å². The van der Waals surface area contributed by atoms with Crippen LogP contribution in [-0.2, 0) is 17.8 Å². The third kappa shape index (κ3) is 4.97. The van der Waals surface area contributed by atoms with Crippen molar-refractivity contribution < 1.29 is 14.3 Å². The first-order valence-electron chi connectivity index (χ1n) is 12.3. The van der Waals surface area contributed by atoms with Crippen molar-refractivity contribution in [3.63, 3.8) is 0 Å². The number of carbonyl (C=O) groups excluding carboxylic acids is 2. The van der Waals surface area contributed by atoms with Crippen molar-refractivity contribution in [3.05, 3.63) is 101 Å². The number of hydrogen-bond donors (Lipinski definition) is 1. The number of likely N-dealkylation sites (tertiary alicyclic amines) is 1. The molecule has 1 atom stereocenters. The molecule has 5 rings (SSSR count). The van der Waals surface area contributed by atoms with Crippen molar-refractivity contribution in [1.29, 1.82) is 0 Å². The topological polar surface area (TPSA) is 61.9 Å². The van der Waals surface area contributed by atoms with Crippen LogP contribution in [0.15, 0.2) is 78.9 Å². The highest BCUT2D eigenvalue weighted by Gasteiger charge is 2.51. The second-order valence-corrected chi connectivity index (χ2v) is 9.93. The summed E-state index contributed by atoms with van der Waals surface area (Å²) in [5.74, 6) is 0.885. The Labute approximate surface area is 216 Å². The first kappa shape index (κ1) is 24.3. The molecular weight excluding hydrogens is 474 g/mol. The van der Waals surface area contributed by atoms with Crippen molar-refractivity contribution in [2.24, 2.45) is 0 Å². The van der Waals surface area contributed by atoms with Crippen LogP contribution in [0.3, 0.4) is 0 Å². The van der Waals surface area contributed by atoms with Crippen LogP contribution in [-0.4, -0.2) is 53.5 Å². The van der Waals surface area contributed by atoms with Crippen LogP contribution in [0.25, 0.3) is 0 Å². The Morgan fingerprint density at radius 1 is 0.972 bits per heavy atom. The first-order chi connectivity index (χ1) is 17.5. The quantitative estimate of drug-likeness (QED) is 0.537. The van der Waals surface area contributed by atoms with Gasteiger partial charge in [-0.15, -0.1) is 0 Å². The zero-order valence-electron chi connectivity index (χ0n) is 20.3. The number of halogens is 1. The number of benzene rings is 3. The molecular formula is C29H30ClN3O3. The number of amides is 2. The minimum atomic E-state index is -0.493. The van der Waals surface area contributed by atoms with Crippen LogP contribution >= 0.6 is 11.6 Å². The van der Waals surface area contributed by atoms with E-state index in [-0.39, 0.29) is 17.9 Å². The molecule has 0 bridgehead atoms. The van der Waals surface area contributed by atoms with E-state index >= 15 is 0 Å². The molecule has 2 amide bonds. The van der Waals surface area contributed by atoms with Gasteiger partial charge in [-0.05, 0) is 53.9 Å². The highest BCUT2D eigenvalue weighted by Crippen LogP contribution is 2.35. The third-order valence-corrected chi connectivity index (χ3v) is 7.53. The monoisotopic (exact) mass is 503 g/mol. The SMILES string of the molecule is COc1ccc(CN2C(=O)C(Cc3ccccc3)NC23CCN(C(=O)c2ccc(Cl)cc2)CC3)cc1. The van der Waals surface area contributed by atoms with Gasteiger partial charge in [0.15, 0.2) is 0 Å². The lowest BCUT2D eigenvalue weighted by atomic mass is 9.94. The van der Waals surface area contributed by atoms with Crippen LogP contribution in [0.5, 0.6) is 5.75 Å². The van der Waals surface area contributed by atoms with Crippen molar-refractivity contribution in [3.8, 4) is 5.75 Å². The number of hydrogen-bond acceptors (Lipinski definition) is 4. The zero-order chi connectivity index (χ0) is 25.1. The number of nitrogens with zero attached hydrogens (tertiary/aromatic N) is 2. The predicted octanol–water partition coefficient (Wildman–Crippen LogP) is 4.52. The van der Waals surface area contributed by atoms with Crippen molar-refractivity contribution >= 4 is 23.4 Å². The van der Waals surface area contributed by atoms with E-state index in [1.54, 1.807) is 31.4 Å². The molecule has 0 aromatic heterocycles. The maximum absolute atomic E-state index is 13.7. The van der Waals surface area contributed by atoms with E-state index in [9.17, 15) is 9.59 Å². The smallest absolute Gasteiger partial charge is 0.253 e. The summed E-state index contributed by atoms with van der Waals surface area (Å²) in [4.78, 5) is 30.7. The van der Waals surface area contributed by atoms with Crippen molar-refractivity contribution in [2.45, 2.75) is 37.5 Å². The van der Waals surface area contributed by atoms with Gasteiger partial charge in [0, 0.05) is 43.1 Å². The van der Waals surface area contributed by atoms with Crippen molar-refractivity contribution in [1.82, 2.24) is 15.1 Å². The van der Waals surface area contributed by atoms with Crippen molar-refractivity contribution in [2.75, 3.05) is 20.2 Å². The van der Waals surface area contributed by atoms with E-state index in [0.717, 1.165) is 16.9 Å². The minimum Gasteiger partial charge on any atom is -0.497 e. The van der Waals surface area contributed by atoms with Gasteiger partial charge in [0.1, 0.15) is 5.75 Å². The fourth-order valence-electron chi connectivity index (χ4n) is 5.26. The van der Waals surface area contributed by atoms with Gasteiger partial charge in [-0.1, -0.05) is 54.1 Å². The summed E-state index contributed by atoms with van der Waals surface area (Å²) in [5, 5.41) is 4.31. The number of methoxy groups -OCH3 is 1. The molecule has 2 aliphatic heterocycles. The zero-order valence-corrected chi connectivity index (χ0v) is 21.1.